The van der Waals surface area contributed by atoms with Crippen LogP contribution in [0.25, 0.3) is 0 Å². The van der Waals surface area contributed by atoms with Crippen LogP contribution in [0.5, 0.6) is 0 Å². The fourth-order valence-corrected chi connectivity index (χ4v) is 2.64. The van der Waals surface area contributed by atoms with Crippen molar-refractivity contribution in [3.8, 4) is 0 Å². The number of rotatable bonds is 3. The van der Waals surface area contributed by atoms with E-state index in [4.69, 9.17) is 0 Å². The molecule has 1 aliphatic rings. The van der Waals surface area contributed by atoms with Crippen molar-refractivity contribution in [2.24, 2.45) is 17.8 Å². The Morgan fingerprint density at radius 3 is 2.08 bits per heavy atom. The number of hydrogen-bond donors (Lipinski definition) is 0. The Morgan fingerprint density at radius 1 is 1.00 bits per heavy atom. The summed E-state index contributed by atoms with van der Waals surface area (Å²) in [5, 5.41) is 0. The topological polar surface area (TPSA) is 0 Å². The van der Waals surface area contributed by atoms with Crippen molar-refractivity contribution >= 4 is 0 Å². The van der Waals surface area contributed by atoms with Crippen LogP contribution < -0.4 is 0 Å². The van der Waals surface area contributed by atoms with Crippen LogP contribution in [-0.2, 0) is 0 Å². The Labute approximate surface area is 77.7 Å². The minimum Gasteiger partial charge on any atom is -0.0628 e. The standard InChI is InChI=1S/C12H24/c1-10(2)9-11(3)12-7-5-4-6-8-12/h10-12H,4-9H2,1-3H3. The van der Waals surface area contributed by atoms with Crippen LogP contribution in [0.1, 0.15) is 59.3 Å². The molecule has 0 N–H and O–H groups in total. The van der Waals surface area contributed by atoms with E-state index in [0.717, 1.165) is 17.8 Å². The van der Waals surface area contributed by atoms with E-state index in [-0.39, 0.29) is 0 Å². The molecule has 1 unspecified atom stereocenters. The van der Waals surface area contributed by atoms with Gasteiger partial charge in [0.2, 0.25) is 0 Å². The molecule has 0 heterocycles. The Bertz CT molecular complexity index is 109. The lowest BCUT2D eigenvalue weighted by molar-refractivity contribution is 0.234. The minimum atomic E-state index is 0.891. The van der Waals surface area contributed by atoms with Gasteiger partial charge < -0.3 is 0 Å². The van der Waals surface area contributed by atoms with E-state index in [1.54, 1.807) is 0 Å². The molecule has 72 valence electrons. The molecule has 0 aromatic heterocycles. The molecule has 0 amide bonds. The maximum Gasteiger partial charge on any atom is -0.0388 e. The molecule has 1 fully saturated rings. The smallest absolute Gasteiger partial charge is 0.0388 e. The molecule has 0 aromatic rings. The molecule has 1 rings (SSSR count). The molecule has 1 saturated carbocycles. The van der Waals surface area contributed by atoms with E-state index in [9.17, 15) is 0 Å². The van der Waals surface area contributed by atoms with E-state index in [1.165, 1.54) is 38.5 Å². The Morgan fingerprint density at radius 2 is 1.58 bits per heavy atom. The summed E-state index contributed by atoms with van der Waals surface area (Å²) >= 11 is 0. The molecule has 1 aliphatic carbocycles. The second-order valence-corrected chi connectivity index (χ2v) is 5.00. The average molecular weight is 168 g/mol. The van der Waals surface area contributed by atoms with Gasteiger partial charge in [-0.25, -0.2) is 0 Å². The first-order valence-corrected chi connectivity index (χ1v) is 5.70. The maximum absolute atomic E-state index is 2.45. The second-order valence-electron chi connectivity index (χ2n) is 5.00. The summed E-state index contributed by atoms with van der Waals surface area (Å²) in [5.74, 6) is 2.92. The van der Waals surface area contributed by atoms with Gasteiger partial charge in [0.15, 0.2) is 0 Å². The summed E-state index contributed by atoms with van der Waals surface area (Å²) < 4.78 is 0. The van der Waals surface area contributed by atoms with Crippen molar-refractivity contribution in [1.29, 1.82) is 0 Å². The van der Waals surface area contributed by atoms with Gasteiger partial charge in [-0.2, -0.15) is 0 Å². The van der Waals surface area contributed by atoms with Crippen molar-refractivity contribution in [2.75, 3.05) is 0 Å². The van der Waals surface area contributed by atoms with Crippen LogP contribution in [0.15, 0.2) is 0 Å². The third kappa shape index (κ3) is 3.16. The van der Waals surface area contributed by atoms with Crippen molar-refractivity contribution in [2.45, 2.75) is 59.3 Å². The molecule has 1 atom stereocenters. The normalized spacial score (nSPS) is 23.0. The van der Waals surface area contributed by atoms with Gasteiger partial charge in [0, 0.05) is 0 Å². The molecule has 0 radical (unpaired) electrons. The molecule has 0 saturated heterocycles. The van der Waals surface area contributed by atoms with E-state index in [1.807, 2.05) is 0 Å². The third-order valence-corrected chi connectivity index (χ3v) is 3.30. The molecule has 0 spiro atoms. The molecular weight excluding hydrogens is 144 g/mol. The molecule has 0 nitrogen and oxygen atoms in total. The lowest BCUT2D eigenvalue weighted by Gasteiger charge is -2.28. The summed E-state index contributed by atoms with van der Waals surface area (Å²) in [6.45, 7) is 7.15. The zero-order valence-electron chi connectivity index (χ0n) is 8.97. The highest BCUT2D eigenvalue weighted by Crippen LogP contribution is 2.32. The van der Waals surface area contributed by atoms with E-state index >= 15 is 0 Å². The first-order valence-electron chi connectivity index (χ1n) is 5.70. The van der Waals surface area contributed by atoms with Crippen LogP contribution in [0.4, 0.5) is 0 Å². The Balaban J connectivity index is 2.24. The zero-order chi connectivity index (χ0) is 8.97. The van der Waals surface area contributed by atoms with Crippen molar-refractivity contribution in [3.63, 3.8) is 0 Å². The van der Waals surface area contributed by atoms with Gasteiger partial charge in [0.25, 0.3) is 0 Å². The average Bonchev–Trinajstić information content (AvgIpc) is 2.05. The van der Waals surface area contributed by atoms with Crippen LogP contribution in [0.3, 0.4) is 0 Å². The van der Waals surface area contributed by atoms with Gasteiger partial charge in [0.1, 0.15) is 0 Å². The van der Waals surface area contributed by atoms with Gasteiger partial charge in [-0.05, 0) is 24.2 Å². The van der Waals surface area contributed by atoms with Crippen molar-refractivity contribution in [1.82, 2.24) is 0 Å². The summed E-state index contributed by atoms with van der Waals surface area (Å²) in [6.07, 6.45) is 8.93. The summed E-state index contributed by atoms with van der Waals surface area (Å²) in [5.41, 5.74) is 0. The number of hydrogen-bond acceptors (Lipinski definition) is 0. The highest BCUT2D eigenvalue weighted by Gasteiger charge is 2.20. The zero-order valence-corrected chi connectivity index (χ0v) is 8.97. The molecule has 12 heavy (non-hydrogen) atoms. The predicted molar refractivity (Wildman–Crippen MR) is 55.2 cm³/mol. The second kappa shape index (κ2) is 4.89. The van der Waals surface area contributed by atoms with Crippen molar-refractivity contribution < 1.29 is 0 Å². The third-order valence-electron chi connectivity index (χ3n) is 3.30. The van der Waals surface area contributed by atoms with E-state index < -0.39 is 0 Å². The van der Waals surface area contributed by atoms with Crippen LogP contribution in [0, 0.1) is 17.8 Å². The van der Waals surface area contributed by atoms with E-state index in [2.05, 4.69) is 20.8 Å². The lowest BCUT2D eigenvalue weighted by Crippen LogP contribution is -2.16. The predicted octanol–water partition coefficient (Wildman–Crippen LogP) is 4.25. The van der Waals surface area contributed by atoms with Gasteiger partial charge >= 0.3 is 0 Å². The van der Waals surface area contributed by atoms with Crippen LogP contribution >= 0.6 is 0 Å². The maximum atomic E-state index is 2.45. The molecule has 0 heteroatoms. The lowest BCUT2D eigenvalue weighted by atomic mass is 9.78. The van der Waals surface area contributed by atoms with Crippen LogP contribution in [0.2, 0.25) is 0 Å². The fourth-order valence-electron chi connectivity index (χ4n) is 2.64. The Hall–Kier alpha value is 0. The minimum absolute atomic E-state index is 0.891. The van der Waals surface area contributed by atoms with Crippen molar-refractivity contribution in [3.05, 3.63) is 0 Å². The monoisotopic (exact) mass is 168 g/mol. The van der Waals surface area contributed by atoms with Gasteiger partial charge in [-0.1, -0.05) is 52.9 Å². The summed E-state index contributed by atoms with van der Waals surface area (Å²) in [4.78, 5) is 0. The largest absolute Gasteiger partial charge is 0.0628 e. The SMILES string of the molecule is CC(C)CC(C)C1CCCCC1. The first kappa shape index (κ1) is 10.1. The quantitative estimate of drug-likeness (QED) is 0.591. The van der Waals surface area contributed by atoms with E-state index in [0.29, 0.717) is 0 Å². The van der Waals surface area contributed by atoms with Gasteiger partial charge in [-0.3, -0.25) is 0 Å². The highest BCUT2D eigenvalue weighted by atomic mass is 14.3. The summed E-state index contributed by atoms with van der Waals surface area (Å²) in [6, 6.07) is 0. The van der Waals surface area contributed by atoms with Gasteiger partial charge in [0.05, 0.1) is 0 Å². The molecular formula is C12H24. The Kier molecular flexibility index (Phi) is 4.11. The van der Waals surface area contributed by atoms with Crippen LogP contribution in [-0.4, -0.2) is 0 Å². The summed E-state index contributed by atoms with van der Waals surface area (Å²) in [7, 11) is 0. The fraction of sp³-hybridized carbons (Fsp3) is 1.00. The molecule has 0 aliphatic heterocycles. The first-order chi connectivity index (χ1) is 5.70. The molecule has 0 aromatic carbocycles. The molecule has 0 bridgehead atoms. The van der Waals surface area contributed by atoms with Gasteiger partial charge in [-0.15, -0.1) is 0 Å². The highest BCUT2D eigenvalue weighted by molar-refractivity contribution is 4.71.